The van der Waals surface area contributed by atoms with Crippen LogP contribution in [0.5, 0.6) is 0 Å². The van der Waals surface area contributed by atoms with E-state index in [1.54, 1.807) is 0 Å². The molecular formula is C7H11NO. The quantitative estimate of drug-likeness (QED) is 0.540. The summed E-state index contributed by atoms with van der Waals surface area (Å²) in [7, 11) is 0. The largest absolute Gasteiger partial charge is 0.318 e. The van der Waals surface area contributed by atoms with Crippen LogP contribution in [-0.4, -0.2) is 11.8 Å². The number of hydrogen-bond donors (Lipinski definition) is 1. The lowest BCUT2D eigenvalue weighted by atomic mass is 9.98. The number of carbonyl (C=O) groups excluding carboxylic acids is 1. The highest BCUT2D eigenvalue weighted by molar-refractivity contribution is 5.78. The normalized spacial score (nSPS) is 60.4. The molecular weight excluding hydrogens is 114 g/mol. The first-order chi connectivity index (χ1) is 4.21. The Balaban J connectivity index is 2.18. The van der Waals surface area contributed by atoms with Gasteiger partial charge in [0.25, 0.3) is 0 Å². The number of fused-ring (bicyclic) bond motifs is 1. The van der Waals surface area contributed by atoms with Gasteiger partial charge in [-0.15, -0.1) is 0 Å². The molecule has 2 nitrogen and oxygen atoms in total. The summed E-state index contributed by atoms with van der Waals surface area (Å²) >= 11 is 0. The summed E-state index contributed by atoms with van der Waals surface area (Å²) in [6, 6.07) is 0. The van der Waals surface area contributed by atoms with Crippen molar-refractivity contribution in [3.05, 3.63) is 0 Å². The minimum Gasteiger partial charge on any atom is -0.318 e. The van der Waals surface area contributed by atoms with Crippen molar-refractivity contribution in [2.75, 3.05) is 0 Å². The van der Waals surface area contributed by atoms with Gasteiger partial charge in [0.2, 0.25) is 0 Å². The van der Waals surface area contributed by atoms with Crippen LogP contribution >= 0.6 is 0 Å². The van der Waals surface area contributed by atoms with E-state index in [1.165, 1.54) is 6.42 Å². The molecule has 3 atom stereocenters. The Morgan fingerprint density at radius 2 is 2.56 bits per heavy atom. The van der Waals surface area contributed by atoms with E-state index in [9.17, 15) is 4.79 Å². The average Bonchev–Trinajstić information content (AvgIpc) is 2.71. The van der Waals surface area contributed by atoms with Crippen LogP contribution in [0.25, 0.3) is 0 Å². The highest BCUT2D eigenvalue weighted by Crippen LogP contribution is 2.81. The lowest BCUT2D eigenvalue weighted by molar-refractivity contribution is -0.111. The molecule has 0 saturated heterocycles. The maximum atomic E-state index is 10.4. The van der Waals surface area contributed by atoms with Gasteiger partial charge >= 0.3 is 0 Å². The summed E-state index contributed by atoms with van der Waals surface area (Å²) in [5.74, 6) is 0.549. The smallest absolute Gasteiger partial charge is 0.140 e. The van der Waals surface area contributed by atoms with Gasteiger partial charge in [0.1, 0.15) is 6.29 Å². The van der Waals surface area contributed by atoms with Gasteiger partial charge in [0, 0.05) is 5.41 Å². The maximum absolute atomic E-state index is 10.4. The van der Waals surface area contributed by atoms with Gasteiger partial charge in [0.05, 0.1) is 5.54 Å². The maximum Gasteiger partial charge on any atom is 0.140 e. The molecule has 2 aliphatic carbocycles. The zero-order chi connectivity index (χ0) is 6.70. The summed E-state index contributed by atoms with van der Waals surface area (Å²) < 4.78 is 0. The zero-order valence-corrected chi connectivity index (χ0v) is 5.55. The second-order valence-corrected chi connectivity index (χ2v) is 3.32. The van der Waals surface area contributed by atoms with Crippen LogP contribution in [0.15, 0.2) is 0 Å². The third-order valence-corrected chi connectivity index (χ3v) is 3.26. The van der Waals surface area contributed by atoms with Gasteiger partial charge in [0.15, 0.2) is 0 Å². The van der Waals surface area contributed by atoms with E-state index in [1.807, 2.05) is 0 Å². The van der Waals surface area contributed by atoms with E-state index in [0.717, 1.165) is 12.7 Å². The summed E-state index contributed by atoms with van der Waals surface area (Å²) in [6.07, 6.45) is 3.20. The molecule has 0 amide bonds. The fourth-order valence-corrected chi connectivity index (χ4v) is 2.16. The molecule has 0 aromatic heterocycles. The second kappa shape index (κ2) is 1.08. The number of rotatable bonds is 2. The second-order valence-electron chi connectivity index (χ2n) is 3.32. The molecule has 2 saturated carbocycles. The predicted molar refractivity (Wildman–Crippen MR) is 33.8 cm³/mol. The summed E-state index contributed by atoms with van der Waals surface area (Å²) in [5.41, 5.74) is 5.60. The number of carbonyl (C=O) groups is 1. The van der Waals surface area contributed by atoms with Crippen LogP contribution < -0.4 is 5.73 Å². The Hall–Kier alpha value is -0.370. The minimum absolute atomic E-state index is 0.273. The van der Waals surface area contributed by atoms with Crippen LogP contribution in [0, 0.1) is 11.3 Å². The fraction of sp³-hybridized carbons (Fsp3) is 0.857. The van der Waals surface area contributed by atoms with Crippen LogP contribution in [0.3, 0.4) is 0 Å². The van der Waals surface area contributed by atoms with Crippen molar-refractivity contribution in [2.45, 2.75) is 25.3 Å². The van der Waals surface area contributed by atoms with E-state index >= 15 is 0 Å². The molecule has 0 aromatic rings. The number of nitrogens with two attached hydrogens (primary N) is 1. The van der Waals surface area contributed by atoms with Gasteiger partial charge in [-0.2, -0.15) is 0 Å². The van der Waals surface area contributed by atoms with E-state index in [2.05, 4.69) is 6.92 Å². The summed E-state index contributed by atoms with van der Waals surface area (Å²) in [5, 5.41) is 0. The standard InChI is InChI=1S/C7H11NO/c1-2-6-3-5(6)7(6,8)4-9/h4-5H,2-3,8H2,1H3. The van der Waals surface area contributed by atoms with Gasteiger partial charge in [-0.3, -0.25) is 0 Å². The summed E-state index contributed by atoms with van der Waals surface area (Å²) in [4.78, 5) is 10.4. The van der Waals surface area contributed by atoms with Crippen molar-refractivity contribution < 1.29 is 4.79 Å². The van der Waals surface area contributed by atoms with Crippen LogP contribution in [-0.2, 0) is 4.79 Å². The predicted octanol–water partition coefficient (Wildman–Crippen LogP) is 0.313. The fourth-order valence-electron chi connectivity index (χ4n) is 2.16. The first-order valence-corrected chi connectivity index (χ1v) is 3.46. The van der Waals surface area contributed by atoms with Crippen molar-refractivity contribution >= 4 is 6.29 Å². The molecule has 0 heterocycles. The Kier molecular flexibility index (Phi) is 0.650. The van der Waals surface area contributed by atoms with E-state index in [4.69, 9.17) is 5.73 Å². The van der Waals surface area contributed by atoms with Crippen LogP contribution in [0.4, 0.5) is 0 Å². The molecule has 0 spiro atoms. The molecule has 50 valence electrons. The van der Waals surface area contributed by atoms with Crippen LogP contribution in [0.1, 0.15) is 19.8 Å². The monoisotopic (exact) mass is 125 g/mol. The Bertz CT molecular complexity index is 180. The Morgan fingerprint density at radius 1 is 1.89 bits per heavy atom. The molecule has 2 aliphatic rings. The molecule has 0 aromatic carbocycles. The highest BCUT2D eigenvalue weighted by Gasteiger charge is 2.86. The number of aldehydes is 1. The molecule has 3 unspecified atom stereocenters. The van der Waals surface area contributed by atoms with E-state index in [0.29, 0.717) is 5.92 Å². The molecule has 9 heavy (non-hydrogen) atoms. The van der Waals surface area contributed by atoms with Crippen molar-refractivity contribution in [3.8, 4) is 0 Å². The van der Waals surface area contributed by atoms with Gasteiger partial charge in [-0.1, -0.05) is 6.92 Å². The van der Waals surface area contributed by atoms with Gasteiger partial charge in [-0.05, 0) is 18.8 Å². The van der Waals surface area contributed by atoms with Crippen LogP contribution in [0.2, 0.25) is 0 Å². The van der Waals surface area contributed by atoms with Gasteiger partial charge < -0.3 is 10.5 Å². The summed E-state index contributed by atoms with van der Waals surface area (Å²) in [6.45, 7) is 2.11. The Morgan fingerprint density at radius 3 is 2.67 bits per heavy atom. The minimum atomic E-state index is -0.387. The molecule has 2 N–H and O–H groups in total. The van der Waals surface area contributed by atoms with Crippen molar-refractivity contribution in [1.29, 1.82) is 0 Å². The molecule has 2 fully saturated rings. The molecule has 0 bridgehead atoms. The molecule has 2 rings (SSSR count). The Labute approximate surface area is 54.4 Å². The highest BCUT2D eigenvalue weighted by atomic mass is 16.1. The zero-order valence-electron chi connectivity index (χ0n) is 5.55. The van der Waals surface area contributed by atoms with E-state index < -0.39 is 0 Å². The van der Waals surface area contributed by atoms with Gasteiger partial charge in [-0.25, -0.2) is 0 Å². The lowest BCUT2D eigenvalue weighted by Gasteiger charge is -2.13. The third kappa shape index (κ3) is 0.317. The number of hydrogen-bond acceptors (Lipinski definition) is 2. The van der Waals surface area contributed by atoms with Crippen molar-refractivity contribution in [1.82, 2.24) is 0 Å². The first kappa shape index (κ1) is 5.42. The lowest BCUT2D eigenvalue weighted by Crippen LogP contribution is -2.36. The molecule has 0 radical (unpaired) electrons. The first-order valence-electron chi connectivity index (χ1n) is 3.46. The van der Waals surface area contributed by atoms with E-state index in [-0.39, 0.29) is 11.0 Å². The van der Waals surface area contributed by atoms with Crippen molar-refractivity contribution in [3.63, 3.8) is 0 Å². The molecule has 2 heteroatoms. The topological polar surface area (TPSA) is 43.1 Å². The molecule has 0 aliphatic heterocycles. The third-order valence-electron chi connectivity index (χ3n) is 3.26. The van der Waals surface area contributed by atoms with Crippen molar-refractivity contribution in [2.24, 2.45) is 17.1 Å². The SMILES string of the molecule is CCC12CC1C2(N)C=O. The average molecular weight is 125 g/mol.